The van der Waals surface area contributed by atoms with E-state index in [2.05, 4.69) is 10.1 Å². The lowest BCUT2D eigenvalue weighted by Gasteiger charge is -2.29. The monoisotopic (exact) mass is 365 g/mol. The van der Waals surface area contributed by atoms with Gasteiger partial charge in [0.2, 0.25) is 11.8 Å². The molecule has 0 aliphatic carbocycles. The Hall–Kier alpha value is -1.85. The highest BCUT2D eigenvalue weighted by Crippen LogP contribution is 2.27. The molecule has 7 heteroatoms. The van der Waals surface area contributed by atoms with Crippen LogP contribution in [-0.4, -0.2) is 34.0 Å². The molecule has 1 fully saturated rings. The largest absolute Gasteiger partial charge is 0.339 e. The number of benzene rings is 1. The Balaban J connectivity index is 1.56. The first-order valence-electron chi connectivity index (χ1n) is 7.75. The van der Waals surface area contributed by atoms with Gasteiger partial charge in [-0.25, -0.2) is 0 Å². The lowest BCUT2D eigenvalue weighted by atomic mass is 9.96. The maximum absolute atomic E-state index is 12.3. The average molecular weight is 366 g/mol. The van der Waals surface area contributed by atoms with Crippen LogP contribution in [0.15, 0.2) is 28.8 Å². The van der Waals surface area contributed by atoms with Crippen LogP contribution in [0.2, 0.25) is 10.0 Å². The second-order valence-electron chi connectivity index (χ2n) is 5.79. The SMILES string of the molecule is Cc1noc(C2CCN(C(=O)C=Cc3ccc(Cl)c(Cl)c3)CC2)n1. The average Bonchev–Trinajstić information content (AvgIpc) is 3.02. The van der Waals surface area contributed by atoms with Crippen LogP contribution in [-0.2, 0) is 4.79 Å². The van der Waals surface area contributed by atoms with Crippen molar-refractivity contribution in [2.75, 3.05) is 13.1 Å². The van der Waals surface area contributed by atoms with Crippen molar-refractivity contribution in [3.63, 3.8) is 0 Å². The van der Waals surface area contributed by atoms with E-state index in [1.165, 1.54) is 0 Å². The summed E-state index contributed by atoms with van der Waals surface area (Å²) in [7, 11) is 0. The van der Waals surface area contributed by atoms with E-state index in [1.807, 2.05) is 11.0 Å². The molecule has 2 aromatic rings. The van der Waals surface area contributed by atoms with Gasteiger partial charge in [-0.1, -0.05) is 34.4 Å². The lowest BCUT2D eigenvalue weighted by molar-refractivity contribution is -0.127. The van der Waals surface area contributed by atoms with Crippen LogP contribution in [0.5, 0.6) is 0 Å². The summed E-state index contributed by atoms with van der Waals surface area (Å²) in [5, 5.41) is 4.80. The van der Waals surface area contributed by atoms with E-state index >= 15 is 0 Å². The molecule has 5 nitrogen and oxygen atoms in total. The summed E-state index contributed by atoms with van der Waals surface area (Å²) in [4.78, 5) is 18.4. The molecule has 0 bridgehead atoms. The summed E-state index contributed by atoms with van der Waals surface area (Å²) in [5.74, 6) is 1.54. The quantitative estimate of drug-likeness (QED) is 0.768. The van der Waals surface area contributed by atoms with Crippen LogP contribution in [0, 0.1) is 6.92 Å². The Bertz CT molecular complexity index is 765. The molecule has 0 radical (unpaired) electrons. The number of rotatable bonds is 3. The van der Waals surface area contributed by atoms with Gasteiger partial charge in [0.25, 0.3) is 0 Å². The summed E-state index contributed by atoms with van der Waals surface area (Å²) in [6, 6.07) is 5.27. The number of aryl methyl sites for hydroxylation is 1. The van der Waals surface area contributed by atoms with Crippen molar-refractivity contribution in [3.8, 4) is 0 Å². The molecule has 0 unspecified atom stereocenters. The molecule has 1 aromatic heterocycles. The van der Waals surface area contributed by atoms with Crippen molar-refractivity contribution in [1.82, 2.24) is 15.0 Å². The summed E-state index contributed by atoms with van der Waals surface area (Å²) in [6.45, 7) is 3.16. The number of hydrogen-bond acceptors (Lipinski definition) is 4. The Morgan fingerprint density at radius 2 is 2.04 bits per heavy atom. The predicted molar refractivity (Wildman–Crippen MR) is 93.1 cm³/mol. The van der Waals surface area contributed by atoms with Gasteiger partial charge in [-0.05, 0) is 43.5 Å². The zero-order valence-corrected chi connectivity index (χ0v) is 14.7. The number of amides is 1. The highest BCUT2D eigenvalue weighted by atomic mass is 35.5. The van der Waals surface area contributed by atoms with Gasteiger partial charge in [-0.2, -0.15) is 4.98 Å². The van der Waals surface area contributed by atoms with Gasteiger partial charge in [-0.3, -0.25) is 4.79 Å². The minimum absolute atomic E-state index is 0.0127. The number of carbonyl (C=O) groups is 1. The molecule has 0 atom stereocenters. The maximum atomic E-state index is 12.3. The fourth-order valence-electron chi connectivity index (χ4n) is 2.71. The lowest BCUT2D eigenvalue weighted by Crippen LogP contribution is -2.36. The zero-order valence-electron chi connectivity index (χ0n) is 13.2. The number of hydrogen-bond donors (Lipinski definition) is 0. The van der Waals surface area contributed by atoms with Crippen LogP contribution in [0.3, 0.4) is 0 Å². The fourth-order valence-corrected chi connectivity index (χ4v) is 3.02. The standard InChI is InChI=1S/C17H17Cl2N3O2/c1-11-20-17(24-21-11)13-6-8-22(9-7-13)16(23)5-3-12-2-4-14(18)15(19)10-12/h2-5,10,13H,6-9H2,1H3. The van der Waals surface area contributed by atoms with Crippen molar-refractivity contribution in [2.45, 2.75) is 25.7 Å². The first-order chi connectivity index (χ1) is 11.5. The van der Waals surface area contributed by atoms with Gasteiger partial charge >= 0.3 is 0 Å². The summed E-state index contributed by atoms with van der Waals surface area (Å²) in [6.07, 6.45) is 4.97. The number of halogens is 2. The molecule has 1 saturated heterocycles. The van der Waals surface area contributed by atoms with Crippen molar-refractivity contribution in [1.29, 1.82) is 0 Å². The number of piperidine rings is 1. The minimum Gasteiger partial charge on any atom is -0.339 e. The van der Waals surface area contributed by atoms with Crippen molar-refractivity contribution < 1.29 is 9.32 Å². The van der Waals surface area contributed by atoms with E-state index in [1.54, 1.807) is 31.2 Å². The van der Waals surface area contributed by atoms with Gasteiger partial charge in [-0.15, -0.1) is 0 Å². The Morgan fingerprint density at radius 1 is 1.29 bits per heavy atom. The maximum Gasteiger partial charge on any atom is 0.246 e. The number of nitrogens with zero attached hydrogens (tertiary/aromatic N) is 3. The second kappa shape index (κ2) is 7.36. The molecule has 1 amide bonds. The predicted octanol–water partition coefficient (Wildman–Crippen LogP) is 4.10. The van der Waals surface area contributed by atoms with Crippen LogP contribution in [0.4, 0.5) is 0 Å². The first kappa shape index (κ1) is 17.0. The fraction of sp³-hybridized carbons (Fsp3) is 0.353. The normalized spacial score (nSPS) is 16.0. The van der Waals surface area contributed by atoms with E-state index in [0.29, 0.717) is 34.8 Å². The van der Waals surface area contributed by atoms with Gasteiger partial charge in [0.1, 0.15) is 0 Å². The van der Waals surface area contributed by atoms with E-state index in [9.17, 15) is 4.79 Å². The third kappa shape index (κ3) is 3.97. The highest BCUT2D eigenvalue weighted by molar-refractivity contribution is 6.42. The van der Waals surface area contributed by atoms with Gasteiger partial charge < -0.3 is 9.42 Å². The van der Waals surface area contributed by atoms with Crippen LogP contribution in [0.25, 0.3) is 6.08 Å². The van der Waals surface area contributed by atoms with E-state index in [0.717, 1.165) is 18.4 Å². The number of aromatic nitrogens is 2. The second-order valence-corrected chi connectivity index (χ2v) is 6.60. The third-order valence-corrected chi connectivity index (χ3v) is 4.80. The molecule has 0 spiro atoms. The molecule has 1 aliphatic rings. The molecular weight excluding hydrogens is 349 g/mol. The number of likely N-dealkylation sites (tertiary alicyclic amines) is 1. The summed E-state index contributed by atoms with van der Waals surface area (Å²) < 4.78 is 5.22. The van der Waals surface area contributed by atoms with E-state index in [-0.39, 0.29) is 11.8 Å². The molecule has 24 heavy (non-hydrogen) atoms. The van der Waals surface area contributed by atoms with Gasteiger partial charge in [0.15, 0.2) is 5.82 Å². The molecule has 126 valence electrons. The molecular formula is C17H17Cl2N3O2. The van der Waals surface area contributed by atoms with Gasteiger partial charge in [0, 0.05) is 25.1 Å². The van der Waals surface area contributed by atoms with E-state index < -0.39 is 0 Å². The first-order valence-corrected chi connectivity index (χ1v) is 8.51. The summed E-state index contributed by atoms with van der Waals surface area (Å²) in [5.41, 5.74) is 0.842. The molecule has 1 aromatic carbocycles. The zero-order chi connectivity index (χ0) is 17.1. The Morgan fingerprint density at radius 3 is 2.67 bits per heavy atom. The minimum atomic E-state index is -0.0127. The topological polar surface area (TPSA) is 59.2 Å². The van der Waals surface area contributed by atoms with Crippen molar-refractivity contribution in [3.05, 3.63) is 51.6 Å². The molecule has 0 N–H and O–H groups in total. The molecule has 2 heterocycles. The number of carbonyl (C=O) groups excluding carboxylic acids is 1. The Kier molecular flexibility index (Phi) is 5.21. The van der Waals surface area contributed by atoms with Crippen LogP contribution < -0.4 is 0 Å². The molecule has 3 rings (SSSR count). The summed E-state index contributed by atoms with van der Waals surface area (Å²) >= 11 is 11.9. The molecule has 1 aliphatic heterocycles. The van der Waals surface area contributed by atoms with Crippen LogP contribution >= 0.6 is 23.2 Å². The van der Waals surface area contributed by atoms with Crippen molar-refractivity contribution >= 4 is 35.2 Å². The van der Waals surface area contributed by atoms with Crippen molar-refractivity contribution in [2.24, 2.45) is 0 Å². The smallest absolute Gasteiger partial charge is 0.246 e. The molecule has 0 saturated carbocycles. The van der Waals surface area contributed by atoms with Crippen LogP contribution in [0.1, 0.15) is 36.0 Å². The third-order valence-electron chi connectivity index (χ3n) is 4.06. The Labute approximate surface area is 150 Å². The van der Waals surface area contributed by atoms with E-state index in [4.69, 9.17) is 27.7 Å². The van der Waals surface area contributed by atoms with Gasteiger partial charge in [0.05, 0.1) is 10.0 Å². The highest BCUT2D eigenvalue weighted by Gasteiger charge is 2.26.